The molecule has 1 unspecified atom stereocenters. The van der Waals surface area contributed by atoms with Gasteiger partial charge in [0, 0.05) is 17.8 Å². The third kappa shape index (κ3) is 3.32. The zero-order valence-corrected chi connectivity index (χ0v) is 17.1. The molecule has 1 saturated carbocycles. The molecule has 2 fully saturated rings. The van der Waals surface area contributed by atoms with E-state index in [1.54, 1.807) is 0 Å². The van der Waals surface area contributed by atoms with E-state index in [4.69, 9.17) is 0 Å². The Morgan fingerprint density at radius 2 is 1.93 bits per heavy atom. The molecule has 1 aromatic carbocycles. The molecule has 0 bridgehead atoms. The molecule has 4 N–H and O–H groups in total. The van der Waals surface area contributed by atoms with E-state index in [1.807, 2.05) is 0 Å². The summed E-state index contributed by atoms with van der Waals surface area (Å²) in [5.41, 5.74) is 6.73. The fourth-order valence-electron chi connectivity index (χ4n) is 5.04. The van der Waals surface area contributed by atoms with Crippen LogP contribution >= 0.6 is 0 Å². The van der Waals surface area contributed by atoms with E-state index < -0.39 is 0 Å². The first kappa shape index (κ1) is 18.7. The Kier molecular flexibility index (Phi) is 4.74. The van der Waals surface area contributed by atoms with Gasteiger partial charge in [-0.3, -0.25) is 0 Å². The third-order valence-electron chi connectivity index (χ3n) is 6.68. The topological polar surface area (TPSA) is 48.1 Å². The van der Waals surface area contributed by atoms with Crippen LogP contribution in [-0.2, 0) is 6.42 Å². The minimum atomic E-state index is -0.0190. The van der Waals surface area contributed by atoms with Gasteiger partial charge in [0.25, 0.3) is 0 Å². The number of benzene rings is 1. The van der Waals surface area contributed by atoms with Crippen LogP contribution in [-0.4, -0.2) is 17.6 Å². The summed E-state index contributed by atoms with van der Waals surface area (Å²) in [5, 5.41) is 13.9. The Labute approximate surface area is 168 Å². The lowest BCUT2D eigenvalue weighted by Crippen LogP contribution is -2.48. The van der Waals surface area contributed by atoms with Gasteiger partial charge >= 0.3 is 0 Å². The molecule has 1 aliphatic heterocycles. The van der Waals surface area contributed by atoms with Crippen LogP contribution in [0.5, 0.6) is 0 Å². The second-order valence-corrected chi connectivity index (χ2v) is 8.54. The second-order valence-electron chi connectivity index (χ2n) is 8.54. The van der Waals surface area contributed by atoms with Crippen LogP contribution < -0.4 is 21.3 Å². The fraction of sp³-hybridized carbons (Fsp3) is 0.417. The van der Waals surface area contributed by atoms with Gasteiger partial charge < -0.3 is 21.3 Å². The average molecular weight is 377 g/mol. The molecule has 4 nitrogen and oxygen atoms in total. The largest absolute Gasteiger partial charge is 0.370 e. The van der Waals surface area contributed by atoms with Gasteiger partial charge in [0.1, 0.15) is 0 Å². The molecular weight excluding hydrogens is 344 g/mol. The summed E-state index contributed by atoms with van der Waals surface area (Å²) in [5.74, 6) is 1.79. The van der Waals surface area contributed by atoms with Crippen LogP contribution in [0.2, 0.25) is 0 Å². The van der Waals surface area contributed by atoms with Crippen LogP contribution in [0.4, 0.5) is 0 Å². The predicted molar refractivity (Wildman–Crippen MR) is 117 cm³/mol. The second kappa shape index (κ2) is 7.08. The molecular formula is C24H32N4. The Morgan fingerprint density at radius 3 is 2.57 bits per heavy atom. The van der Waals surface area contributed by atoms with Crippen molar-refractivity contribution in [2.75, 3.05) is 0 Å². The molecule has 4 heteroatoms. The van der Waals surface area contributed by atoms with Crippen molar-refractivity contribution in [3.05, 3.63) is 78.0 Å². The van der Waals surface area contributed by atoms with Crippen LogP contribution in [0, 0.1) is 0 Å². The number of allylic oxidation sites excluding steroid dienone is 1. The smallest absolute Gasteiger partial charge is 0.0962 e. The monoisotopic (exact) mass is 376 g/mol. The van der Waals surface area contributed by atoms with Gasteiger partial charge in [0.15, 0.2) is 0 Å². The van der Waals surface area contributed by atoms with Gasteiger partial charge in [-0.15, -0.1) is 0 Å². The van der Waals surface area contributed by atoms with Gasteiger partial charge in [0.2, 0.25) is 0 Å². The molecule has 1 heterocycles. The maximum atomic E-state index is 4.25. The Bertz CT molecular complexity index is 855. The highest BCUT2D eigenvalue weighted by Crippen LogP contribution is 2.37. The fourth-order valence-corrected chi connectivity index (χ4v) is 5.04. The van der Waals surface area contributed by atoms with Crippen LogP contribution in [0.3, 0.4) is 0 Å². The lowest BCUT2D eigenvalue weighted by Gasteiger charge is -2.38. The van der Waals surface area contributed by atoms with E-state index in [1.165, 1.54) is 22.3 Å². The van der Waals surface area contributed by atoms with Crippen molar-refractivity contribution in [2.24, 2.45) is 0 Å². The quantitative estimate of drug-likeness (QED) is 0.629. The summed E-state index contributed by atoms with van der Waals surface area (Å²) >= 11 is 0. The minimum Gasteiger partial charge on any atom is -0.370 e. The summed E-state index contributed by atoms with van der Waals surface area (Å²) < 4.78 is 0. The van der Waals surface area contributed by atoms with Crippen molar-refractivity contribution in [1.29, 1.82) is 0 Å². The first-order chi connectivity index (χ1) is 13.4. The molecule has 4 rings (SSSR count). The zero-order chi connectivity index (χ0) is 19.9. The standard InChI is InChI=1S/C24H32N4/c1-15-22-9-7-6-8-20(22)14-23(15)16(2)25-18(4)27-21-10-12-24(13-11-21)17(3)26-19(5)28-24/h6-9,16,21,25-28H,3-5,10-14H2,1-2H3. The zero-order valence-electron chi connectivity index (χ0n) is 17.1. The number of hydrogen-bond acceptors (Lipinski definition) is 4. The van der Waals surface area contributed by atoms with Gasteiger partial charge in [-0.1, -0.05) is 44.0 Å². The van der Waals surface area contributed by atoms with Crippen molar-refractivity contribution < 1.29 is 0 Å². The lowest BCUT2D eigenvalue weighted by molar-refractivity contribution is 0.269. The molecule has 28 heavy (non-hydrogen) atoms. The van der Waals surface area contributed by atoms with E-state index in [0.29, 0.717) is 6.04 Å². The molecule has 148 valence electrons. The van der Waals surface area contributed by atoms with Crippen molar-refractivity contribution in [3.63, 3.8) is 0 Å². The van der Waals surface area contributed by atoms with Crippen LogP contribution in [0.15, 0.2) is 66.9 Å². The van der Waals surface area contributed by atoms with Gasteiger partial charge in [-0.05, 0) is 68.2 Å². The molecule has 2 aliphatic carbocycles. The first-order valence-electron chi connectivity index (χ1n) is 10.3. The normalized spacial score (nSPS) is 27.3. The van der Waals surface area contributed by atoms with E-state index in [2.05, 4.69) is 79.1 Å². The van der Waals surface area contributed by atoms with E-state index in [9.17, 15) is 0 Å². The highest BCUT2D eigenvalue weighted by Gasteiger charge is 2.42. The summed E-state index contributed by atoms with van der Waals surface area (Å²) in [7, 11) is 0. The Balaban J connectivity index is 1.30. The number of rotatable bonds is 5. The maximum Gasteiger partial charge on any atom is 0.0962 e. The molecule has 0 amide bonds. The van der Waals surface area contributed by atoms with E-state index in [0.717, 1.165) is 49.4 Å². The minimum absolute atomic E-state index is 0.0190. The highest BCUT2D eigenvalue weighted by atomic mass is 15.2. The molecule has 1 spiro atoms. The molecule has 1 atom stereocenters. The molecule has 1 saturated heterocycles. The SMILES string of the molecule is C=C(NC1CCC2(CC1)NC(=C)NC2=C)NC(C)C1=C(C)c2ccccc2C1. The number of nitrogens with one attached hydrogen (secondary N) is 4. The van der Waals surface area contributed by atoms with Gasteiger partial charge in [0.05, 0.1) is 17.2 Å². The van der Waals surface area contributed by atoms with Crippen molar-refractivity contribution in [1.82, 2.24) is 21.3 Å². The van der Waals surface area contributed by atoms with Crippen LogP contribution in [0.25, 0.3) is 5.57 Å². The van der Waals surface area contributed by atoms with Gasteiger partial charge in [-0.2, -0.15) is 0 Å². The summed E-state index contributed by atoms with van der Waals surface area (Å²) in [4.78, 5) is 0. The Hall–Kier alpha value is -2.62. The van der Waals surface area contributed by atoms with E-state index in [-0.39, 0.29) is 11.6 Å². The summed E-state index contributed by atoms with van der Waals surface area (Å²) in [6.45, 7) is 16.9. The molecule has 0 radical (unpaired) electrons. The molecule has 3 aliphatic rings. The lowest BCUT2D eigenvalue weighted by atomic mass is 9.78. The first-order valence-corrected chi connectivity index (χ1v) is 10.3. The van der Waals surface area contributed by atoms with Crippen molar-refractivity contribution in [3.8, 4) is 0 Å². The predicted octanol–water partition coefficient (Wildman–Crippen LogP) is 3.91. The molecule has 1 aromatic rings. The molecule has 0 aromatic heterocycles. The van der Waals surface area contributed by atoms with E-state index >= 15 is 0 Å². The summed E-state index contributed by atoms with van der Waals surface area (Å²) in [6.07, 6.45) is 5.31. The van der Waals surface area contributed by atoms with Crippen LogP contribution in [0.1, 0.15) is 50.7 Å². The number of fused-ring (bicyclic) bond motifs is 1. The third-order valence-corrected chi connectivity index (χ3v) is 6.68. The Morgan fingerprint density at radius 1 is 1.21 bits per heavy atom. The van der Waals surface area contributed by atoms with Gasteiger partial charge in [-0.25, -0.2) is 0 Å². The van der Waals surface area contributed by atoms with Crippen molar-refractivity contribution >= 4 is 5.57 Å². The average Bonchev–Trinajstić information content (AvgIpc) is 3.14. The maximum absolute atomic E-state index is 4.25. The highest BCUT2D eigenvalue weighted by molar-refractivity contribution is 5.75. The summed E-state index contributed by atoms with van der Waals surface area (Å²) in [6, 6.07) is 9.42. The van der Waals surface area contributed by atoms with Crippen molar-refractivity contribution in [2.45, 2.75) is 63.6 Å². The number of hydrogen-bond donors (Lipinski definition) is 4.